The molecule has 1 heterocycles. The molecule has 62 valence electrons. The highest BCUT2D eigenvalue weighted by Gasteiger charge is 2.00. The van der Waals surface area contributed by atoms with Crippen LogP contribution < -0.4 is 5.73 Å². The van der Waals surface area contributed by atoms with Crippen LogP contribution in [0, 0.1) is 0 Å². The second kappa shape index (κ2) is 3.99. The summed E-state index contributed by atoms with van der Waals surface area (Å²) in [4.78, 5) is 0. The number of rotatable bonds is 4. The minimum atomic E-state index is -0.459. The molecule has 1 atom stereocenters. The Morgan fingerprint density at radius 3 is 3.00 bits per heavy atom. The molecule has 1 aromatic rings. The maximum atomic E-state index is 9.05. The average molecular weight is 157 g/mol. The zero-order valence-electron chi connectivity index (χ0n) is 6.09. The minimum Gasteiger partial charge on any atom is -0.392 e. The second-order valence-electron chi connectivity index (χ2n) is 2.25. The fourth-order valence-corrected chi connectivity index (χ4v) is 0.682. The van der Waals surface area contributed by atoms with Crippen LogP contribution in [0.2, 0.25) is 0 Å². The zero-order valence-corrected chi connectivity index (χ0v) is 6.09. The summed E-state index contributed by atoms with van der Waals surface area (Å²) in [6, 6.07) is 0. The van der Waals surface area contributed by atoms with Crippen molar-refractivity contribution in [3.05, 3.63) is 6.33 Å². The zero-order chi connectivity index (χ0) is 8.10. The first-order valence-corrected chi connectivity index (χ1v) is 3.42. The van der Waals surface area contributed by atoms with Gasteiger partial charge in [-0.3, -0.25) is 0 Å². The third kappa shape index (κ3) is 2.60. The molecule has 0 saturated heterocycles. The SMILES string of the molecule is NCC(O)CCn1cnnn1. The molecule has 11 heavy (non-hydrogen) atoms. The van der Waals surface area contributed by atoms with Crippen LogP contribution in [0.5, 0.6) is 0 Å². The Morgan fingerprint density at radius 2 is 2.45 bits per heavy atom. The largest absolute Gasteiger partial charge is 0.392 e. The monoisotopic (exact) mass is 157 g/mol. The first-order valence-electron chi connectivity index (χ1n) is 3.42. The van der Waals surface area contributed by atoms with Crippen molar-refractivity contribution in [2.45, 2.75) is 19.1 Å². The molecule has 6 heteroatoms. The number of aromatic nitrogens is 4. The highest BCUT2D eigenvalue weighted by molar-refractivity contribution is 4.56. The van der Waals surface area contributed by atoms with Gasteiger partial charge in [-0.1, -0.05) is 0 Å². The van der Waals surface area contributed by atoms with E-state index in [-0.39, 0.29) is 6.54 Å². The molecule has 6 nitrogen and oxygen atoms in total. The number of aryl methyl sites for hydroxylation is 1. The van der Waals surface area contributed by atoms with Gasteiger partial charge in [0, 0.05) is 13.1 Å². The maximum Gasteiger partial charge on any atom is 0.138 e. The second-order valence-corrected chi connectivity index (χ2v) is 2.25. The molecule has 0 spiro atoms. The lowest BCUT2D eigenvalue weighted by molar-refractivity contribution is 0.164. The van der Waals surface area contributed by atoms with Gasteiger partial charge in [0.25, 0.3) is 0 Å². The van der Waals surface area contributed by atoms with Gasteiger partial charge in [0.05, 0.1) is 6.10 Å². The van der Waals surface area contributed by atoms with Gasteiger partial charge in [0.2, 0.25) is 0 Å². The van der Waals surface area contributed by atoms with Crippen molar-refractivity contribution in [2.24, 2.45) is 5.73 Å². The predicted octanol–water partition coefficient (Wildman–Crippen LogP) is -1.62. The van der Waals surface area contributed by atoms with Crippen LogP contribution >= 0.6 is 0 Å². The van der Waals surface area contributed by atoms with Crippen LogP contribution in [0.25, 0.3) is 0 Å². The molecule has 1 unspecified atom stereocenters. The molecule has 1 aromatic heterocycles. The van der Waals surface area contributed by atoms with Crippen LogP contribution in [-0.2, 0) is 6.54 Å². The molecule has 0 bridgehead atoms. The number of aliphatic hydroxyl groups excluding tert-OH is 1. The van der Waals surface area contributed by atoms with E-state index in [0.29, 0.717) is 13.0 Å². The van der Waals surface area contributed by atoms with Crippen molar-refractivity contribution < 1.29 is 5.11 Å². The van der Waals surface area contributed by atoms with Gasteiger partial charge in [-0.2, -0.15) is 0 Å². The molecule has 0 aliphatic rings. The van der Waals surface area contributed by atoms with Gasteiger partial charge in [0.1, 0.15) is 6.33 Å². The number of hydrogen-bond donors (Lipinski definition) is 2. The highest BCUT2D eigenvalue weighted by Crippen LogP contribution is 1.91. The fraction of sp³-hybridized carbons (Fsp3) is 0.800. The summed E-state index contributed by atoms with van der Waals surface area (Å²) >= 11 is 0. The van der Waals surface area contributed by atoms with E-state index in [9.17, 15) is 0 Å². The average Bonchev–Trinajstić information content (AvgIpc) is 2.52. The number of nitrogens with zero attached hydrogens (tertiary/aromatic N) is 4. The molecule has 0 saturated carbocycles. The Morgan fingerprint density at radius 1 is 1.64 bits per heavy atom. The Bertz CT molecular complexity index is 187. The number of aliphatic hydroxyl groups is 1. The summed E-state index contributed by atoms with van der Waals surface area (Å²) in [6.45, 7) is 0.882. The molecule has 0 aromatic carbocycles. The number of tetrazole rings is 1. The van der Waals surface area contributed by atoms with Gasteiger partial charge in [-0.25, -0.2) is 4.68 Å². The summed E-state index contributed by atoms with van der Waals surface area (Å²) in [5.74, 6) is 0. The molecule has 0 aliphatic heterocycles. The van der Waals surface area contributed by atoms with Gasteiger partial charge in [-0.15, -0.1) is 5.10 Å². The van der Waals surface area contributed by atoms with E-state index in [1.165, 1.54) is 6.33 Å². The molecular weight excluding hydrogens is 146 g/mol. The van der Waals surface area contributed by atoms with Crippen molar-refractivity contribution >= 4 is 0 Å². The number of hydrogen-bond acceptors (Lipinski definition) is 5. The summed E-state index contributed by atoms with van der Waals surface area (Å²) in [6.07, 6.45) is 1.63. The maximum absolute atomic E-state index is 9.05. The van der Waals surface area contributed by atoms with Gasteiger partial charge < -0.3 is 10.8 Å². The van der Waals surface area contributed by atoms with Gasteiger partial charge in [-0.05, 0) is 16.8 Å². The lowest BCUT2D eigenvalue weighted by Gasteiger charge is -2.05. The predicted molar refractivity (Wildman–Crippen MR) is 37.5 cm³/mol. The van der Waals surface area contributed by atoms with Crippen LogP contribution in [0.15, 0.2) is 6.33 Å². The summed E-state index contributed by atoms with van der Waals surface area (Å²) < 4.78 is 1.55. The topological polar surface area (TPSA) is 89.8 Å². The smallest absolute Gasteiger partial charge is 0.138 e. The fourth-order valence-electron chi connectivity index (χ4n) is 0.682. The normalized spacial score (nSPS) is 13.3. The van der Waals surface area contributed by atoms with E-state index in [0.717, 1.165) is 0 Å². The first kappa shape index (κ1) is 8.09. The van der Waals surface area contributed by atoms with Crippen molar-refractivity contribution in [1.82, 2.24) is 20.2 Å². The Balaban J connectivity index is 2.23. The summed E-state index contributed by atoms with van der Waals surface area (Å²) in [5, 5.41) is 19.6. The Hall–Kier alpha value is -1.01. The van der Waals surface area contributed by atoms with E-state index in [4.69, 9.17) is 10.8 Å². The highest BCUT2D eigenvalue weighted by atomic mass is 16.3. The third-order valence-corrected chi connectivity index (χ3v) is 1.35. The molecule has 3 N–H and O–H groups in total. The van der Waals surface area contributed by atoms with Crippen molar-refractivity contribution in [3.8, 4) is 0 Å². The molecular formula is C5H11N5O. The lowest BCUT2D eigenvalue weighted by atomic mass is 10.2. The molecule has 0 aliphatic carbocycles. The first-order chi connectivity index (χ1) is 5.33. The lowest BCUT2D eigenvalue weighted by Crippen LogP contribution is -2.21. The molecule has 0 radical (unpaired) electrons. The number of nitrogens with two attached hydrogens (primary N) is 1. The minimum absolute atomic E-state index is 0.280. The summed E-state index contributed by atoms with van der Waals surface area (Å²) in [5.41, 5.74) is 5.20. The molecule has 1 rings (SSSR count). The van der Waals surface area contributed by atoms with Crippen LogP contribution in [0.1, 0.15) is 6.42 Å². The van der Waals surface area contributed by atoms with Gasteiger partial charge >= 0.3 is 0 Å². The van der Waals surface area contributed by atoms with E-state index in [1.807, 2.05) is 0 Å². The Labute approximate surface area is 64.0 Å². The molecule has 0 fully saturated rings. The quantitative estimate of drug-likeness (QED) is 0.548. The summed E-state index contributed by atoms with van der Waals surface area (Å²) in [7, 11) is 0. The third-order valence-electron chi connectivity index (χ3n) is 1.35. The Kier molecular flexibility index (Phi) is 2.94. The van der Waals surface area contributed by atoms with Crippen LogP contribution in [0.3, 0.4) is 0 Å². The van der Waals surface area contributed by atoms with E-state index in [1.54, 1.807) is 4.68 Å². The molecule has 0 amide bonds. The van der Waals surface area contributed by atoms with E-state index >= 15 is 0 Å². The van der Waals surface area contributed by atoms with Crippen LogP contribution in [-0.4, -0.2) is 38.0 Å². The van der Waals surface area contributed by atoms with Crippen molar-refractivity contribution in [2.75, 3.05) is 6.54 Å². The standard InChI is InChI=1S/C5H11N5O/c6-3-5(11)1-2-10-4-7-8-9-10/h4-5,11H,1-3,6H2. The van der Waals surface area contributed by atoms with Crippen LogP contribution in [0.4, 0.5) is 0 Å². The van der Waals surface area contributed by atoms with Crippen molar-refractivity contribution in [1.29, 1.82) is 0 Å². The van der Waals surface area contributed by atoms with E-state index in [2.05, 4.69) is 15.5 Å². The van der Waals surface area contributed by atoms with E-state index < -0.39 is 6.10 Å². The van der Waals surface area contributed by atoms with Crippen molar-refractivity contribution in [3.63, 3.8) is 0 Å². The van der Waals surface area contributed by atoms with Gasteiger partial charge in [0.15, 0.2) is 0 Å².